The minimum Gasteiger partial charge on any atom is -0.481 e. The van der Waals surface area contributed by atoms with Crippen molar-refractivity contribution in [3.8, 4) is 0 Å². The maximum atomic E-state index is 12.3. The average molecular weight is 284 g/mol. The summed E-state index contributed by atoms with van der Waals surface area (Å²) >= 11 is 0. The number of hydrogen-bond acceptors (Lipinski definition) is 3. The lowest BCUT2D eigenvalue weighted by atomic mass is 9.76. The molecule has 5 heteroatoms. The molecule has 0 saturated carbocycles. The highest BCUT2D eigenvalue weighted by atomic mass is 16.4. The maximum absolute atomic E-state index is 12.3. The lowest BCUT2D eigenvalue weighted by Gasteiger charge is -2.32. The summed E-state index contributed by atoms with van der Waals surface area (Å²) in [6.45, 7) is 7.13. The third-order valence-corrected chi connectivity index (χ3v) is 4.86. The molecule has 0 aromatic rings. The second-order valence-electron chi connectivity index (χ2n) is 6.61. The van der Waals surface area contributed by atoms with Gasteiger partial charge < -0.3 is 14.9 Å². The first kappa shape index (κ1) is 17.0. The monoisotopic (exact) mass is 284 g/mol. The molecule has 0 spiro atoms. The predicted octanol–water partition coefficient (Wildman–Crippen LogP) is 1.68. The first-order valence-corrected chi connectivity index (χ1v) is 7.36. The fourth-order valence-electron chi connectivity index (χ4n) is 2.60. The van der Waals surface area contributed by atoms with Crippen molar-refractivity contribution in [1.82, 2.24) is 9.80 Å². The van der Waals surface area contributed by atoms with E-state index in [0.717, 1.165) is 13.0 Å². The SMILES string of the molecule is CC(C)C(C)(CC(=O)N(C)CC1CCCN1C)C(=O)O. The van der Waals surface area contributed by atoms with E-state index in [9.17, 15) is 14.7 Å². The fourth-order valence-corrected chi connectivity index (χ4v) is 2.60. The first-order chi connectivity index (χ1) is 9.18. The van der Waals surface area contributed by atoms with Crippen molar-refractivity contribution in [1.29, 1.82) is 0 Å². The Morgan fingerprint density at radius 1 is 1.45 bits per heavy atom. The molecule has 1 aliphatic heterocycles. The molecule has 20 heavy (non-hydrogen) atoms. The molecule has 2 unspecified atom stereocenters. The van der Waals surface area contributed by atoms with E-state index in [2.05, 4.69) is 11.9 Å². The van der Waals surface area contributed by atoms with Gasteiger partial charge in [-0.15, -0.1) is 0 Å². The fraction of sp³-hybridized carbons (Fsp3) is 0.867. The van der Waals surface area contributed by atoms with Gasteiger partial charge in [-0.1, -0.05) is 13.8 Å². The lowest BCUT2D eigenvalue weighted by molar-refractivity contribution is -0.155. The third kappa shape index (κ3) is 3.72. The lowest BCUT2D eigenvalue weighted by Crippen LogP contribution is -2.43. The number of aliphatic carboxylic acids is 1. The molecule has 5 nitrogen and oxygen atoms in total. The van der Waals surface area contributed by atoms with Crippen molar-refractivity contribution in [2.45, 2.75) is 46.1 Å². The van der Waals surface area contributed by atoms with E-state index in [4.69, 9.17) is 0 Å². The van der Waals surface area contributed by atoms with E-state index < -0.39 is 11.4 Å². The van der Waals surface area contributed by atoms with E-state index in [1.54, 1.807) is 18.9 Å². The Morgan fingerprint density at radius 3 is 2.45 bits per heavy atom. The predicted molar refractivity (Wildman–Crippen MR) is 78.5 cm³/mol. The van der Waals surface area contributed by atoms with Crippen LogP contribution in [0.1, 0.15) is 40.0 Å². The van der Waals surface area contributed by atoms with Crippen LogP contribution in [0.2, 0.25) is 0 Å². The van der Waals surface area contributed by atoms with Crippen LogP contribution >= 0.6 is 0 Å². The number of carbonyl (C=O) groups excluding carboxylic acids is 1. The van der Waals surface area contributed by atoms with Gasteiger partial charge >= 0.3 is 5.97 Å². The summed E-state index contributed by atoms with van der Waals surface area (Å²) in [6, 6.07) is 0.402. The quantitative estimate of drug-likeness (QED) is 0.806. The number of amides is 1. The van der Waals surface area contributed by atoms with E-state index in [1.807, 2.05) is 13.8 Å². The standard InChI is InChI=1S/C15H28N2O3/c1-11(2)15(3,14(19)20)9-13(18)17(5)10-12-7-6-8-16(12)4/h11-12H,6-10H2,1-5H3,(H,19,20). The van der Waals surface area contributed by atoms with E-state index >= 15 is 0 Å². The van der Waals surface area contributed by atoms with Crippen molar-refractivity contribution < 1.29 is 14.7 Å². The average Bonchev–Trinajstić information content (AvgIpc) is 2.74. The van der Waals surface area contributed by atoms with Gasteiger partial charge in [0.2, 0.25) is 5.91 Å². The van der Waals surface area contributed by atoms with Crippen molar-refractivity contribution in [2.24, 2.45) is 11.3 Å². The molecule has 0 aromatic heterocycles. The molecule has 0 aromatic carbocycles. The highest BCUT2D eigenvalue weighted by Crippen LogP contribution is 2.32. The topological polar surface area (TPSA) is 60.9 Å². The van der Waals surface area contributed by atoms with Crippen molar-refractivity contribution in [3.05, 3.63) is 0 Å². The van der Waals surface area contributed by atoms with Gasteiger partial charge in [0.1, 0.15) is 0 Å². The molecule has 0 radical (unpaired) electrons. The highest BCUT2D eigenvalue weighted by molar-refractivity contribution is 5.84. The van der Waals surface area contributed by atoms with E-state index in [0.29, 0.717) is 12.6 Å². The van der Waals surface area contributed by atoms with E-state index in [-0.39, 0.29) is 18.2 Å². The first-order valence-electron chi connectivity index (χ1n) is 7.36. The minimum absolute atomic E-state index is 0.0624. The van der Waals surface area contributed by atoms with Gasteiger partial charge in [-0.3, -0.25) is 9.59 Å². The zero-order valence-corrected chi connectivity index (χ0v) is 13.3. The number of likely N-dealkylation sites (N-methyl/N-ethyl adjacent to an activating group) is 2. The molecular weight excluding hydrogens is 256 g/mol. The summed E-state index contributed by atoms with van der Waals surface area (Å²) in [4.78, 5) is 27.7. The smallest absolute Gasteiger partial charge is 0.310 e. The zero-order valence-electron chi connectivity index (χ0n) is 13.3. The van der Waals surface area contributed by atoms with Crippen LogP contribution in [-0.4, -0.2) is 60.0 Å². The van der Waals surface area contributed by atoms with E-state index in [1.165, 1.54) is 6.42 Å². The van der Waals surface area contributed by atoms with Gasteiger partial charge in [-0.2, -0.15) is 0 Å². The van der Waals surface area contributed by atoms with Crippen LogP contribution in [0, 0.1) is 11.3 Å². The van der Waals surface area contributed by atoms with Crippen LogP contribution in [0.3, 0.4) is 0 Å². The van der Waals surface area contributed by atoms with Crippen LogP contribution in [-0.2, 0) is 9.59 Å². The number of rotatable bonds is 6. The summed E-state index contributed by atoms with van der Waals surface area (Å²) in [6.07, 6.45) is 2.34. The largest absolute Gasteiger partial charge is 0.481 e. The minimum atomic E-state index is -0.993. The van der Waals surface area contributed by atoms with Gasteiger partial charge in [-0.05, 0) is 39.3 Å². The third-order valence-electron chi connectivity index (χ3n) is 4.86. The molecule has 1 aliphatic rings. The van der Waals surface area contributed by atoms with Crippen molar-refractivity contribution >= 4 is 11.9 Å². The molecular formula is C15H28N2O3. The Balaban J connectivity index is 2.62. The molecule has 1 fully saturated rings. The van der Waals surface area contributed by atoms with Crippen molar-refractivity contribution in [3.63, 3.8) is 0 Å². The zero-order chi connectivity index (χ0) is 15.5. The van der Waals surface area contributed by atoms with Crippen molar-refractivity contribution in [2.75, 3.05) is 27.2 Å². The summed E-state index contributed by atoms with van der Waals surface area (Å²) in [7, 11) is 3.85. The van der Waals surface area contributed by atoms with Gasteiger partial charge in [-0.25, -0.2) is 0 Å². The van der Waals surface area contributed by atoms with Crippen LogP contribution in [0.4, 0.5) is 0 Å². The molecule has 1 N–H and O–H groups in total. The Morgan fingerprint density at radius 2 is 2.05 bits per heavy atom. The maximum Gasteiger partial charge on any atom is 0.310 e. The van der Waals surface area contributed by atoms with Crippen LogP contribution < -0.4 is 0 Å². The second-order valence-corrected chi connectivity index (χ2v) is 6.61. The number of carboxylic acid groups (broad SMARTS) is 1. The number of carboxylic acids is 1. The summed E-state index contributed by atoms with van der Waals surface area (Å²) in [5, 5.41) is 9.38. The highest BCUT2D eigenvalue weighted by Gasteiger charge is 2.39. The molecule has 1 rings (SSSR count). The number of carbonyl (C=O) groups is 2. The number of likely N-dealkylation sites (tertiary alicyclic amines) is 1. The number of hydrogen-bond donors (Lipinski definition) is 1. The molecule has 1 amide bonds. The van der Waals surface area contributed by atoms with Gasteiger partial charge in [0.25, 0.3) is 0 Å². The molecule has 2 atom stereocenters. The van der Waals surface area contributed by atoms with Gasteiger partial charge in [0, 0.05) is 26.1 Å². The van der Waals surface area contributed by atoms with Gasteiger partial charge in [0.05, 0.1) is 5.41 Å². The second kappa shape index (κ2) is 6.57. The normalized spacial score (nSPS) is 22.8. The molecule has 0 aliphatic carbocycles. The Kier molecular flexibility index (Phi) is 5.57. The molecule has 1 saturated heterocycles. The van der Waals surface area contributed by atoms with Gasteiger partial charge in [0.15, 0.2) is 0 Å². The van der Waals surface area contributed by atoms with Crippen LogP contribution in [0.15, 0.2) is 0 Å². The summed E-state index contributed by atoms with van der Waals surface area (Å²) in [5.74, 6) is -1.05. The Hall–Kier alpha value is -1.10. The Bertz CT molecular complexity index is 370. The summed E-state index contributed by atoms with van der Waals surface area (Å²) in [5.41, 5.74) is -0.993. The number of nitrogens with zero attached hydrogens (tertiary/aromatic N) is 2. The van der Waals surface area contributed by atoms with Crippen LogP contribution in [0.25, 0.3) is 0 Å². The molecule has 0 bridgehead atoms. The van der Waals surface area contributed by atoms with Crippen LogP contribution in [0.5, 0.6) is 0 Å². The molecule has 1 heterocycles. The molecule has 116 valence electrons. The summed E-state index contributed by atoms with van der Waals surface area (Å²) < 4.78 is 0. The Labute approximate surface area is 121 Å².